The number of ketones is 1. The molecule has 2 bridgehead atoms. The number of rotatable bonds is 7. The SMILES string of the molecule is CC1=CC2CC1C1C(=O)N(c3ccc(-c4cc(C(=O)OCC(=O)c5cccc([N+](=O)[O-])c5)c5cc(Cl)ccc5n4)cc3)C(=O)C21. The second kappa shape index (κ2) is 10.7. The molecule has 1 saturated heterocycles. The van der Waals surface area contributed by atoms with Crippen LogP contribution in [0.1, 0.15) is 34.1 Å². The number of nitrogens with zero attached hydrogens (tertiary/aromatic N) is 3. The number of imide groups is 1. The van der Waals surface area contributed by atoms with E-state index in [1.165, 1.54) is 34.7 Å². The van der Waals surface area contributed by atoms with Crippen LogP contribution in [0.5, 0.6) is 0 Å². The lowest BCUT2D eigenvalue weighted by atomic mass is 9.82. The molecule has 45 heavy (non-hydrogen) atoms. The summed E-state index contributed by atoms with van der Waals surface area (Å²) < 4.78 is 5.34. The number of non-ortho nitro benzene ring substituents is 1. The van der Waals surface area contributed by atoms with Crippen LogP contribution in [-0.4, -0.2) is 40.1 Å². The normalized spacial score (nSPS) is 21.6. The summed E-state index contributed by atoms with van der Waals surface area (Å²) in [5, 5.41) is 11.9. The van der Waals surface area contributed by atoms with Crippen LogP contribution in [0.3, 0.4) is 0 Å². The Kier molecular flexibility index (Phi) is 6.81. The van der Waals surface area contributed by atoms with E-state index in [2.05, 4.69) is 11.1 Å². The summed E-state index contributed by atoms with van der Waals surface area (Å²) in [6.45, 7) is 1.39. The first-order valence-corrected chi connectivity index (χ1v) is 14.7. The zero-order valence-electron chi connectivity index (χ0n) is 23.8. The Morgan fingerprint density at radius 3 is 2.53 bits per heavy atom. The molecule has 0 N–H and O–H groups in total. The maximum atomic E-state index is 13.4. The Morgan fingerprint density at radius 1 is 1.02 bits per heavy atom. The van der Waals surface area contributed by atoms with Crippen molar-refractivity contribution in [2.75, 3.05) is 11.5 Å². The molecule has 2 fully saturated rings. The van der Waals surface area contributed by atoms with Gasteiger partial charge in [0.25, 0.3) is 5.69 Å². The molecule has 4 aromatic rings. The van der Waals surface area contributed by atoms with Gasteiger partial charge < -0.3 is 4.74 Å². The molecule has 224 valence electrons. The van der Waals surface area contributed by atoms with E-state index in [9.17, 15) is 29.3 Å². The molecular weight excluding hydrogens is 598 g/mol. The zero-order chi connectivity index (χ0) is 31.6. The van der Waals surface area contributed by atoms with Crippen molar-refractivity contribution in [1.29, 1.82) is 0 Å². The molecule has 4 atom stereocenters. The van der Waals surface area contributed by atoms with Gasteiger partial charge in [0.05, 0.1) is 39.2 Å². The van der Waals surface area contributed by atoms with Crippen molar-refractivity contribution >= 4 is 57.4 Å². The first-order chi connectivity index (χ1) is 21.6. The van der Waals surface area contributed by atoms with E-state index in [-0.39, 0.29) is 52.3 Å². The summed E-state index contributed by atoms with van der Waals surface area (Å²) >= 11 is 6.22. The predicted octanol–water partition coefficient (Wildman–Crippen LogP) is 6.20. The number of allylic oxidation sites excluding steroid dienone is 2. The van der Waals surface area contributed by atoms with E-state index in [4.69, 9.17) is 16.3 Å². The van der Waals surface area contributed by atoms with Gasteiger partial charge >= 0.3 is 5.97 Å². The van der Waals surface area contributed by atoms with Gasteiger partial charge in [-0.1, -0.05) is 47.5 Å². The second-order valence-corrected chi connectivity index (χ2v) is 12.0. The average molecular weight is 622 g/mol. The number of anilines is 1. The van der Waals surface area contributed by atoms with Crippen molar-refractivity contribution in [3.05, 3.63) is 111 Å². The van der Waals surface area contributed by atoms with E-state index in [1.54, 1.807) is 42.5 Å². The molecule has 2 aliphatic carbocycles. The number of aromatic nitrogens is 1. The number of fused-ring (bicyclic) bond motifs is 6. The van der Waals surface area contributed by atoms with Crippen LogP contribution in [0, 0.1) is 33.8 Å². The summed E-state index contributed by atoms with van der Waals surface area (Å²) in [6, 6.07) is 18.4. The van der Waals surface area contributed by atoms with Gasteiger partial charge in [0.15, 0.2) is 6.61 Å². The van der Waals surface area contributed by atoms with Gasteiger partial charge in [-0.2, -0.15) is 0 Å². The number of amides is 2. The third kappa shape index (κ3) is 4.78. The summed E-state index contributed by atoms with van der Waals surface area (Å²) in [4.78, 5) is 69.1. The molecule has 0 spiro atoms. The van der Waals surface area contributed by atoms with Gasteiger partial charge in [0.1, 0.15) is 0 Å². The van der Waals surface area contributed by atoms with Crippen LogP contribution >= 0.6 is 11.6 Å². The monoisotopic (exact) mass is 621 g/mol. The number of hydrogen-bond donors (Lipinski definition) is 0. The van der Waals surface area contributed by atoms with E-state index in [1.807, 2.05) is 6.92 Å². The maximum absolute atomic E-state index is 13.4. The summed E-state index contributed by atoms with van der Waals surface area (Å²) in [7, 11) is 0. The van der Waals surface area contributed by atoms with Gasteiger partial charge in [-0.15, -0.1) is 0 Å². The summed E-state index contributed by atoms with van der Waals surface area (Å²) in [5.41, 5.74) is 3.06. The van der Waals surface area contributed by atoms with Crippen LogP contribution in [0.15, 0.2) is 84.4 Å². The predicted molar refractivity (Wildman–Crippen MR) is 165 cm³/mol. The van der Waals surface area contributed by atoms with Crippen molar-refractivity contribution in [2.45, 2.75) is 13.3 Å². The number of carbonyl (C=O) groups is 4. The number of esters is 1. The first kappa shape index (κ1) is 28.5. The van der Waals surface area contributed by atoms with Gasteiger partial charge in [0, 0.05) is 33.7 Å². The number of hydrogen-bond acceptors (Lipinski definition) is 8. The lowest BCUT2D eigenvalue weighted by Crippen LogP contribution is -2.32. The fourth-order valence-electron chi connectivity index (χ4n) is 6.91. The van der Waals surface area contributed by atoms with E-state index in [0.29, 0.717) is 32.9 Å². The number of nitro groups is 1. The highest BCUT2D eigenvalue weighted by molar-refractivity contribution is 6.31. The molecule has 10 nitrogen and oxygen atoms in total. The van der Waals surface area contributed by atoms with Gasteiger partial charge in [-0.25, -0.2) is 9.78 Å². The van der Waals surface area contributed by atoms with Crippen LogP contribution in [0.4, 0.5) is 11.4 Å². The molecule has 1 aliphatic heterocycles. The molecule has 2 amide bonds. The standard InChI is InChI=1S/C34H24ClN3O7/c1-17-11-20-13-24(17)31-30(20)32(40)37(33(31)41)22-8-5-18(6-9-22)28-15-26(25-14-21(35)7-10-27(25)36-28)34(42)45-16-29(39)19-3-2-4-23(12-19)38(43)44/h2-12,14-15,20,24,30-31H,13,16H2,1H3. The largest absolute Gasteiger partial charge is 0.454 e. The van der Waals surface area contributed by atoms with Crippen LogP contribution in [0.25, 0.3) is 22.2 Å². The minimum absolute atomic E-state index is 0.0399. The Hall–Kier alpha value is -5.22. The maximum Gasteiger partial charge on any atom is 0.339 e. The molecule has 2 heterocycles. The molecule has 0 radical (unpaired) electrons. The minimum atomic E-state index is -0.806. The minimum Gasteiger partial charge on any atom is -0.454 e. The summed E-state index contributed by atoms with van der Waals surface area (Å²) in [6.07, 6.45) is 2.99. The van der Waals surface area contributed by atoms with E-state index >= 15 is 0 Å². The van der Waals surface area contributed by atoms with Gasteiger partial charge in [-0.3, -0.25) is 29.4 Å². The molecule has 11 heteroatoms. The molecule has 1 aromatic heterocycles. The fraction of sp³-hybridized carbons (Fsp3) is 0.206. The highest BCUT2D eigenvalue weighted by Crippen LogP contribution is 2.56. The number of halogens is 1. The number of Topliss-reactive ketones (excluding diaryl/α,β-unsaturated/α-hetero) is 1. The summed E-state index contributed by atoms with van der Waals surface area (Å²) in [5.74, 6) is -2.13. The smallest absolute Gasteiger partial charge is 0.339 e. The number of ether oxygens (including phenoxy) is 1. The Morgan fingerprint density at radius 2 is 1.78 bits per heavy atom. The topological polar surface area (TPSA) is 137 Å². The van der Waals surface area contributed by atoms with Crippen LogP contribution < -0.4 is 4.90 Å². The molecule has 4 unspecified atom stereocenters. The zero-order valence-corrected chi connectivity index (χ0v) is 24.6. The quantitative estimate of drug-likeness (QED) is 0.0593. The van der Waals surface area contributed by atoms with Crippen LogP contribution in [-0.2, 0) is 14.3 Å². The molecule has 1 saturated carbocycles. The third-order valence-corrected chi connectivity index (χ3v) is 9.24. The first-order valence-electron chi connectivity index (χ1n) is 14.3. The average Bonchev–Trinajstić information content (AvgIpc) is 3.68. The van der Waals surface area contributed by atoms with Crippen LogP contribution in [0.2, 0.25) is 5.02 Å². The van der Waals surface area contributed by atoms with Crippen molar-refractivity contribution in [3.8, 4) is 11.3 Å². The van der Waals surface area contributed by atoms with Gasteiger partial charge in [-0.05, 0) is 61.6 Å². The molecule has 3 aromatic carbocycles. The Bertz CT molecular complexity index is 2010. The van der Waals surface area contributed by atoms with Crippen molar-refractivity contribution < 1.29 is 28.8 Å². The number of carbonyl (C=O) groups excluding carboxylic acids is 4. The fourth-order valence-corrected chi connectivity index (χ4v) is 7.08. The number of nitro benzene ring substituents is 1. The molecule has 7 rings (SSSR count). The Labute approximate surface area is 261 Å². The number of pyridine rings is 1. The molecule has 3 aliphatic rings. The van der Waals surface area contributed by atoms with Crippen molar-refractivity contribution in [1.82, 2.24) is 4.98 Å². The Balaban J connectivity index is 1.15. The lowest BCUT2D eigenvalue weighted by molar-refractivity contribution is -0.384. The van der Waals surface area contributed by atoms with Gasteiger partial charge in [0.2, 0.25) is 17.6 Å². The lowest BCUT2D eigenvalue weighted by Gasteiger charge is -2.19. The highest BCUT2D eigenvalue weighted by atomic mass is 35.5. The van der Waals surface area contributed by atoms with Crippen molar-refractivity contribution in [2.24, 2.45) is 23.7 Å². The van der Waals surface area contributed by atoms with E-state index in [0.717, 1.165) is 12.5 Å². The third-order valence-electron chi connectivity index (χ3n) is 9.01. The number of benzene rings is 3. The highest BCUT2D eigenvalue weighted by Gasteiger charge is 2.60. The van der Waals surface area contributed by atoms with Crippen molar-refractivity contribution in [3.63, 3.8) is 0 Å². The second-order valence-electron chi connectivity index (χ2n) is 11.6. The van der Waals surface area contributed by atoms with E-state index < -0.39 is 23.3 Å². The molecular formula is C34H24ClN3O7.